The zero-order valence-corrected chi connectivity index (χ0v) is 31.5. The van der Waals surface area contributed by atoms with E-state index in [-0.39, 0.29) is 29.3 Å². The first-order chi connectivity index (χ1) is 26.4. The largest absolute Gasteiger partial charge is 0.368 e. The minimum absolute atomic E-state index is 0.0546. The Morgan fingerprint density at radius 1 is 0.964 bits per heavy atom. The van der Waals surface area contributed by atoms with E-state index >= 15 is 0 Å². The van der Waals surface area contributed by atoms with Crippen molar-refractivity contribution in [3.8, 4) is 11.3 Å². The van der Waals surface area contributed by atoms with Crippen LogP contribution < -0.4 is 25.8 Å². The van der Waals surface area contributed by atoms with Crippen LogP contribution in [0, 0.1) is 6.92 Å². The maximum Gasteiger partial charge on any atom is 0.328 e. The molecule has 3 aliphatic rings. The van der Waals surface area contributed by atoms with Gasteiger partial charge in [0.05, 0.1) is 24.0 Å². The number of amides is 4. The third kappa shape index (κ3) is 7.49. The zero-order valence-electron chi connectivity index (χ0n) is 31.5. The highest BCUT2D eigenvalue weighted by Crippen LogP contribution is 2.30. The molecule has 0 aliphatic carbocycles. The van der Waals surface area contributed by atoms with Crippen molar-refractivity contribution in [2.75, 3.05) is 41.3 Å². The molecule has 6 heterocycles. The van der Waals surface area contributed by atoms with Crippen molar-refractivity contribution in [3.63, 3.8) is 0 Å². The van der Waals surface area contributed by atoms with Crippen molar-refractivity contribution in [1.29, 1.82) is 0 Å². The molecule has 2 fully saturated rings. The molecule has 3 aromatic heterocycles. The van der Waals surface area contributed by atoms with Crippen LogP contribution in [-0.4, -0.2) is 84.9 Å². The van der Waals surface area contributed by atoms with E-state index in [1.54, 1.807) is 11.2 Å². The van der Waals surface area contributed by atoms with Gasteiger partial charge in [0.15, 0.2) is 11.6 Å². The molecular formula is C39H44N12O4. The number of aromatic nitrogens is 6. The van der Waals surface area contributed by atoms with Gasteiger partial charge in [0.2, 0.25) is 5.91 Å². The van der Waals surface area contributed by atoms with E-state index in [4.69, 9.17) is 9.62 Å². The Bertz CT molecular complexity index is 2250. The number of rotatable bonds is 9. The quantitative estimate of drug-likeness (QED) is 0.190. The molecule has 0 unspecified atom stereocenters. The number of nitrogens with zero attached hydrogens (tertiary/aromatic N) is 9. The van der Waals surface area contributed by atoms with Crippen molar-refractivity contribution >= 4 is 40.9 Å². The van der Waals surface area contributed by atoms with Crippen LogP contribution in [-0.2, 0) is 23.3 Å². The SMILES string of the molecule is Cc1cc(-c2cc(Nc3cc4n(n3)CCN(C3CN(c5ccc(N6CCC(=O)NC6=O)cc5)C3)C4)ncn2)ccc1[C@@H](C)NC(=O)c1nc(C(C)(C)C)no1. The third-order valence-corrected chi connectivity index (χ3v) is 10.4. The normalized spacial score (nSPS) is 17.0. The van der Waals surface area contributed by atoms with Gasteiger partial charge in [-0.3, -0.25) is 29.4 Å². The minimum atomic E-state index is -0.416. The van der Waals surface area contributed by atoms with Crippen LogP contribution in [0.15, 0.2) is 65.4 Å². The third-order valence-electron chi connectivity index (χ3n) is 10.4. The molecule has 5 aromatic rings. The summed E-state index contributed by atoms with van der Waals surface area (Å²) in [6, 6.07) is 17.8. The highest BCUT2D eigenvalue weighted by atomic mass is 16.5. The molecule has 0 radical (unpaired) electrons. The van der Waals surface area contributed by atoms with E-state index in [2.05, 4.69) is 62.7 Å². The molecular weight excluding hydrogens is 701 g/mol. The summed E-state index contributed by atoms with van der Waals surface area (Å²) < 4.78 is 7.28. The molecule has 3 N–H and O–H groups in total. The Kier molecular flexibility index (Phi) is 9.28. The lowest BCUT2D eigenvalue weighted by molar-refractivity contribution is -0.120. The summed E-state index contributed by atoms with van der Waals surface area (Å²) in [6.45, 7) is 14.6. The molecule has 0 spiro atoms. The van der Waals surface area contributed by atoms with Gasteiger partial charge >= 0.3 is 17.8 Å². The molecule has 2 aromatic carbocycles. The summed E-state index contributed by atoms with van der Waals surface area (Å²) in [5.74, 6) is 1.15. The summed E-state index contributed by atoms with van der Waals surface area (Å²) >= 11 is 0. The van der Waals surface area contributed by atoms with Crippen molar-refractivity contribution in [3.05, 3.63) is 89.5 Å². The Morgan fingerprint density at radius 2 is 1.75 bits per heavy atom. The van der Waals surface area contributed by atoms with Gasteiger partial charge in [-0.25, -0.2) is 14.8 Å². The van der Waals surface area contributed by atoms with Gasteiger partial charge in [0.1, 0.15) is 12.1 Å². The van der Waals surface area contributed by atoms with E-state index in [9.17, 15) is 14.4 Å². The number of anilines is 4. The first kappa shape index (κ1) is 35.8. The smallest absolute Gasteiger partial charge is 0.328 e. The van der Waals surface area contributed by atoms with Gasteiger partial charge in [0.25, 0.3) is 0 Å². The summed E-state index contributed by atoms with van der Waals surface area (Å²) in [4.78, 5) is 56.3. The number of carbonyl (C=O) groups is 3. The standard InChI is InChI=1S/C39H44N12O4/c1-23-16-25(6-11-30(23)24(2)42-35(53)36-45-37(47-55-36)39(3,4)5)31-18-32(41-22-40-31)43-33-17-28-19-48(14-15-51(28)46-33)29-20-49(21-29)26-7-9-27(10-8-26)50-13-12-34(52)44-38(50)54/h6-11,16-18,22,24,29H,12-15,19-21H2,1-5H3,(H,42,53)(H,44,52,54)(H,40,41,43,46)/t24-/m1/s1. The lowest BCUT2D eigenvalue weighted by Crippen LogP contribution is -2.60. The van der Waals surface area contributed by atoms with Gasteiger partial charge in [-0.15, -0.1) is 0 Å². The topological polar surface area (TPSA) is 180 Å². The fourth-order valence-electron chi connectivity index (χ4n) is 7.20. The number of carbonyl (C=O) groups excluding carboxylic acids is 3. The predicted octanol–water partition coefficient (Wildman–Crippen LogP) is 4.71. The van der Waals surface area contributed by atoms with E-state index in [0.717, 1.165) is 78.0 Å². The van der Waals surface area contributed by atoms with Crippen molar-refractivity contribution in [1.82, 2.24) is 45.4 Å². The molecule has 0 bridgehead atoms. The summed E-state index contributed by atoms with van der Waals surface area (Å²) in [6.07, 6.45) is 1.85. The van der Waals surface area contributed by atoms with Crippen LogP contribution in [0.25, 0.3) is 11.3 Å². The predicted molar refractivity (Wildman–Crippen MR) is 205 cm³/mol. The zero-order chi connectivity index (χ0) is 38.4. The van der Waals surface area contributed by atoms with Crippen molar-refractivity contribution in [2.24, 2.45) is 0 Å². The van der Waals surface area contributed by atoms with Crippen LogP contribution in [0.2, 0.25) is 0 Å². The molecule has 1 atom stereocenters. The van der Waals surface area contributed by atoms with Crippen LogP contribution >= 0.6 is 0 Å². The van der Waals surface area contributed by atoms with Crippen LogP contribution in [0.1, 0.15) is 73.5 Å². The van der Waals surface area contributed by atoms with Gasteiger partial charge in [-0.2, -0.15) is 10.1 Å². The van der Waals surface area contributed by atoms with Crippen LogP contribution in [0.5, 0.6) is 0 Å². The van der Waals surface area contributed by atoms with Gasteiger partial charge in [-0.1, -0.05) is 38.1 Å². The van der Waals surface area contributed by atoms with Crippen molar-refractivity contribution in [2.45, 2.75) is 71.6 Å². The van der Waals surface area contributed by atoms with E-state index in [0.29, 0.717) is 30.6 Å². The molecule has 2 saturated heterocycles. The maximum absolute atomic E-state index is 12.8. The Balaban J connectivity index is 0.855. The van der Waals surface area contributed by atoms with Gasteiger partial charge < -0.3 is 20.1 Å². The number of nitrogens with one attached hydrogen (secondary N) is 3. The Hall–Kier alpha value is -6.16. The maximum atomic E-state index is 12.8. The van der Waals surface area contributed by atoms with Crippen LogP contribution in [0.3, 0.4) is 0 Å². The lowest BCUT2D eigenvalue weighted by atomic mass is 9.96. The monoisotopic (exact) mass is 744 g/mol. The van der Waals surface area contributed by atoms with Crippen molar-refractivity contribution < 1.29 is 18.9 Å². The number of urea groups is 1. The molecule has 3 aliphatic heterocycles. The van der Waals surface area contributed by atoms with E-state index in [1.165, 1.54) is 0 Å². The number of benzene rings is 2. The Labute approximate surface area is 318 Å². The second kappa shape index (κ2) is 14.2. The molecule has 0 saturated carbocycles. The number of hydrogen-bond acceptors (Lipinski definition) is 12. The summed E-state index contributed by atoms with van der Waals surface area (Å²) in [5.41, 5.74) is 6.38. The number of fused-ring (bicyclic) bond motifs is 1. The first-order valence-electron chi connectivity index (χ1n) is 18.5. The fourth-order valence-corrected chi connectivity index (χ4v) is 7.20. The highest BCUT2D eigenvalue weighted by Gasteiger charge is 2.34. The van der Waals surface area contributed by atoms with Gasteiger partial charge in [-0.05, 0) is 55.3 Å². The number of aryl methyl sites for hydroxylation is 1. The second-order valence-electron chi connectivity index (χ2n) is 15.4. The number of hydrogen-bond donors (Lipinski definition) is 3. The Morgan fingerprint density at radius 3 is 2.47 bits per heavy atom. The summed E-state index contributed by atoms with van der Waals surface area (Å²) in [5, 5.41) is 17.5. The highest BCUT2D eigenvalue weighted by molar-refractivity contribution is 6.05. The average molecular weight is 745 g/mol. The number of imide groups is 1. The lowest BCUT2D eigenvalue weighted by Gasteiger charge is -2.47. The minimum Gasteiger partial charge on any atom is -0.368 e. The molecule has 16 nitrogen and oxygen atoms in total. The van der Waals surface area contributed by atoms with E-state index in [1.807, 2.05) is 77.1 Å². The fraction of sp³-hybridized carbons (Fsp3) is 0.385. The second-order valence-corrected chi connectivity index (χ2v) is 15.4. The summed E-state index contributed by atoms with van der Waals surface area (Å²) in [7, 11) is 0. The molecule has 55 heavy (non-hydrogen) atoms. The van der Waals surface area contributed by atoms with E-state index < -0.39 is 5.91 Å². The van der Waals surface area contributed by atoms with Gasteiger partial charge in [0, 0.05) is 79.7 Å². The van der Waals surface area contributed by atoms with Crippen LogP contribution in [0.4, 0.5) is 27.8 Å². The molecule has 4 amide bonds. The molecule has 16 heteroatoms. The molecule has 284 valence electrons. The first-order valence-corrected chi connectivity index (χ1v) is 18.5. The molecule has 8 rings (SSSR count). The average Bonchev–Trinajstić information content (AvgIpc) is 3.79.